The van der Waals surface area contributed by atoms with E-state index in [0.717, 1.165) is 18.7 Å². The quantitative estimate of drug-likeness (QED) is 0.242. The minimum atomic E-state index is -1.73. The zero-order chi connectivity index (χ0) is 28.2. The van der Waals surface area contributed by atoms with E-state index in [1.807, 2.05) is 24.3 Å². The van der Waals surface area contributed by atoms with Crippen molar-refractivity contribution in [2.75, 3.05) is 43.8 Å². The van der Waals surface area contributed by atoms with E-state index in [4.69, 9.17) is 10.5 Å². The van der Waals surface area contributed by atoms with Crippen molar-refractivity contribution in [1.29, 1.82) is 0 Å². The van der Waals surface area contributed by atoms with Crippen LogP contribution in [0.25, 0.3) is 11.2 Å². The summed E-state index contributed by atoms with van der Waals surface area (Å²) in [5.74, 6) is 0.196. The van der Waals surface area contributed by atoms with E-state index < -0.39 is 17.9 Å². The molecule has 6 N–H and O–H groups in total. The van der Waals surface area contributed by atoms with Crippen LogP contribution in [0.2, 0.25) is 0 Å². The zero-order valence-electron chi connectivity index (χ0n) is 23.1. The molecule has 1 fully saturated rings. The Morgan fingerprint density at radius 1 is 1.23 bits per heavy atom. The van der Waals surface area contributed by atoms with E-state index in [1.165, 1.54) is 22.8 Å². The summed E-state index contributed by atoms with van der Waals surface area (Å²) in [5, 5.41) is 28.2. The first-order chi connectivity index (χ1) is 18.5. The van der Waals surface area contributed by atoms with Gasteiger partial charge in [0, 0.05) is 18.8 Å². The summed E-state index contributed by atoms with van der Waals surface area (Å²) in [6, 6.07) is 7.61. The summed E-state index contributed by atoms with van der Waals surface area (Å²) in [7, 11) is 0. The van der Waals surface area contributed by atoms with Gasteiger partial charge >= 0.3 is 6.03 Å². The van der Waals surface area contributed by atoms with Crippen LogP contribution >= 0.6 is 0 Å². The van der Waals surface area contributed by atoms with Crippen molar-refractivity contribution < 1.29 is 19.7 Å². The highest BCUT2D eigenvalue weighted by Gasteiger charge is 2.50. The van der Waals surface area contributed by atoms with Crippen LogP contribution in [0, 0.1) is 0 Å². The average molecular weight is 541 g/mol. The summed E-state index contributed by atoms with van der Waals surface area (Å²) in [5.41, 5.74) is 6.82. The fourth-order valence-electron chi connectivity index (χ4n) is 4.80. The number of aromatic nitrogens is 4. The number of fused-ring (bicyclic) bond motifs is 1. The molecule has 3 heterocycles. The number of hydrogen-bond donors (Lipinski definition) is 5. The molecule has 3 unspecified atom stereocenters. The third kappa shape index (κ3) is 6.47. The van der Waals surface area contributed by atoms with Gasteiger partial charge in [0.05, 0.1) is 12.9 Å². The van der Waals surface area contributed by atoms with Crippen molar-refractivity contribution in [1.82, 2.24) is 29.7 Å². The number of benzene rings is 1. The zero-order valence-corrected chi connectivity index (χ0v) is 23.1. The predicted octanol–water partition coefficient (Wildman–Crippen LogP) is 2.03. The Labute approximate surface area is 228 Å². The van der Waals surface area contributed by atoms with Gasteiger partial charge in [-0.05, 0) is 49.0 Å². The van der Waals surface area contributed by atoms with Crippen LogP contribution in [0.3, 0.4) is 0 Å². The molecular weight excluding hydrogens is 500 g/mol. The molecule has 2 aromatic heterocycles. The summed E-state index contributed by atoms with van der Waals surface area (Å²) in [4.78, 5) is 26.8. The number of nitrogen functional groups attached to an aromatic ring is 1. The molecule has 1 aliphatic heterocycles. The van der Waals surface area contributed by atoms with E-state index in [2.05, 4.69) is 58.2 Å². The Morgan fingerprint density at radius 3 is 2.67 bits per heavy atom. The van der Waals surface area contributed by atoms with Crippen LogP contribution in [-0.4, -0.2) is 85.7 Å². The molecule has 212 valence electrons. The number of urea groups is 1. The van der Waals surface area contributed by atoms with Gasteiger partial charge < -0.3 is 36.2 Å². The van der Waals surface area contributed by atoms with Crippen molar-refractivity contribution in [3.8, 4) is 0 Å². The normalized spacial score (nSPS) is 21.5. The Balaban J connectivity index is 1.27. The van der Waals surface area contributed by atoms with Crippen molar-refractivity contribution >= 4 is 28.7 Å². The number of anilines is 2. The number of hydrogen-bond acceptors (Lipinski definition) is 9. The Hall–Kier alpha value is -3.32. The molecule has 0 radical (unpaired) electrons. The maximum atomic E-state index is 12.3. The number of nitrogens with one attached hydrogen (secondary N) is 2. The molecule has 1 aromatic carbocycles. The molecule has 1 saturated heterocycles. The number of nitrogens with two attached hydrogens (primary N) is 1. The average Bonchev–Trinajstić information content (AvgIpc) is 3.45. The molecule has 0 spiro atoms. The summed E-state index contributed by atoms with van der Waals surface area (Å²) in [6.45, 7) is 10.8. The predicted molar refractivity (Wildman–Crippen MR) is 149 cm³/mol. The Kier molecular flexibility index (Phi) is 8.70. The first-order valence-corrected chi connectivity index (χ1v) is 13.4. The van der Waals surface area contributed by atoms with E-state index in [0.29, 0.717) is 37.2 Å². The van der Waals surface area contributed by atoms with Gasteiger partial charge in [0.25, 0.3) is 0 Å². The van der Waals surface area contributed by atoms with Gasteiger partial charge in [0.15, 0.2) is 17.2 Å². The summed E-state index contributed by atoms with van der Waals surface area (Å²) < 4.78 is 7.25. The number of imidazole rings is 1. The second-order valence-corrected chi connectivity index (χ2v) is 11.1. The molecule has 0 aliphatic carbocycles. The molecule has 3 atom stereocenters. The smallest absolute Gasteiger partial charge is 0.319 e. The number of aliphatic hydroxyl groups excluding tert-OH is 1. The van der Waals surface area contributed by atoms with Gasteiger partial charge in [-0.25, -0.2) is 19.7 Å². The molecular formula is C27H40N8O4. The van der Waals surface area contributed by atoms with Crippen LogP contribution in [0.4, 0.5) is 16.3 Å². The minimum Gasteiger partial charge on any atom is -0.385 e. The molecule has 3 aromatic rings. The second-order valence-electron chi connectivity index (χ2n) is 11.1. The van der Waals surface area contributed by atoms with Gasteiger partial charge in [-0.15, -0.1) is 0 Å². The highest BCUT2D eigenvalue weighted by molar-refractivity contribution is 5.89. The highest BCUT2D eigenvalue weighted by atomic mass is 16.5. The van der Waals surface area contributed by atoms with E-state index in [9.17, 15) is 15.0 Å². The van der Waals surface area contributed by atoms with Gasteiger partial charge in [-0.3, -0.25) is 4.57 Å². The molecule has 12 heteroatoms. The molecule has 2 amide bonds. The van der Waals surface area contributed by atoms with Crippen molar-refractivity contribution in [3.05, 3.63) is 42.5 Å². The number of nitrogens with zero attached hydrogens (tertiary/aromatic N) is 5. The summed E-state index contributed by atoms with van der Waals surface area (Å²) >= 11 is 0. The van der Waals surface area contributed by atoms with Crippen molar-refractivity contribution in [3.63, 3.8) is 0 Å². The first kappa shape index (κ1) is 28.7. The lowest BCUT2D eigenvalue weighted by molar-refractivity contribution is -0.109. The standard InChI is InChI=1S/C27H40N8O4/c1-5-12-34(13-6-11-29-25(37)33-19-9-7-18(8-10-19)26(2,3)4)14-20-22(36)27(38,15-39-20)35-17-32-21-23(28)30-16-31-24(21)35/h7-10,16-17,20,22,36,38H,5-6,11-15H2,1-4H3,(H2,28,30,31)(H2,29,33,37). The Bertz CT molecular complexity index is 1260. The van der Waals surface area contributed by atoms with Crippen molar-refractivity contribution in [2.45, 2.75) is 63.9 Å². The maximum absolute atomic E-state index is 12.3. The number of rotatable bonds is 10. The van der Waals surface area contributed by atoms with Gasteiger partial charge in [0.2, 0.25) is 0 Å². The number of ether oxygens (including phenoxy) is 1. The largest absolute Gasteiger partial charge is 0.385 e. The Morgan fingerprint density at radius 2 is 1.97 bits per heavy atom. The van der Waals surface area contributed by atoms with Gasteiger partial charge in [-0.1, -0.05) is 39.8 Å². The lowest BCUT2D eigenvalue weighted by Gasteiger charge is -2.30. The van der Waals surface area contributed by atoms with Gasteiger partial charge in [-0.2, -0.15) is 0 Å². The molecule has 12 nitrogen and oxygen atoms in total. The maximum Gasteiger partial charge on any atom is 0.319 e. The van der Waals surface area contributed by atoms with Crippen LogP contribution in [0.5, 0.6) is 0 Å². The fraction of sp³-hybridized carbons (Fsp3) is 0.556. The first-order valence-electron chi connectivity index (χ1n) is 13.4. The van der Waals surface area contributed by atoms with Gasteiger partial charge in [0.1, 0.15) is 24.1 Å². The molecule has 0 saturated carbocycles. The minimum absolute atomic E-state index is 0.0563. The molecule has 4 rings (SSSR count). The van der Waals surface area contributed by atoms with Crippen LogP contribution in [-0.2, 0) is 15.9 Å². The number of aliphatic hydroxyl groups is 2. The molecule has 0 bridgehead atoms. The lowest BCUT2D eigenvalue weighted by atomic mass is 9.87. The topological polar surface area (TPSA) is 164 Å². The SMILES string of the molecule is CCCN(CCCNC(=O)Nc1ccc(C(C)(C)C)cc1)CC1OCC(O)(n2cnc3c(N)ncnc32)C1O. The number of carbonyl (C=O) groups is 1. The third-order valence-corrected chi connectivity index (χ3v) is 7.04. The van der Waals surface area contributed by atoms with E-state index >= 15 is 0 Å². The molecule has 1 aliphatic rings. The second kappa shape index (κ2) is 11.8. The highest BCUT2D eigenvalue weighted by Crippen LogP contribution is 2.33. The number of carbonyl (C=O) groups excluding carboxylic acids is 1. The third-order valence-electron chi connectivity index (χ3n) is 7.04. The van der Waals surface area contributed by atoms with Crippen molar-refractivity contribution in [2.24, 2.45) is 0 Å². The lowest BCUT2D eigenvalue weighted by Crippen LogP contribution is -2.49. The van der Waals surface area contributed by atoms with E-state index in [-0.39, 0.29) is 23.9 Å². The monoisotopic (exact) mass is 540 g/mol. The van der Waals surface area contributed by atoms with Crippen LogP contribution in [0.1, 0.15) is 46.1 Å². The number of amides is 2. The summed E-state index contributed by atoms with van der Waals surface area (Å²) in [6.07, 6.45) is 2.48. The van der Waals surface area contributed by atoms with Crippen LogP contribution in [0.15, 0.2) is 36.9 Å². The fourth-order valence-corrected chi connectivity index (χ4v) is 4.80. The molecule has 39 heavy (non-hydrogen) atoms. The van der Waals surface area contributed by atoms with E-state index in [1.54, 1.807) is 0 Å². The van der Waals surface area contributed by atoms with Crippen LogP contribution < -0.4 is 16.4 Å².